The first-order valence-corrected chi connectivity index (χ1v) is 13.1. The molecule has 3 aliphatic heterocycles. The van der Waals surface area contributed by atoms with E-state index >= 15 is 0 Å². The second kappa shape index (κ2) is 12.9. The van der Waals surface area contributed by atoms with E-state index in [1.165, 1.54) is 0 Å². The summed E-state index contributed by atoms with van der Waals surface area (Å²) in [6.45, 7) is 8.44. The highest BCUT2D eigenvalue weighted by molar-refractivity contribution is 5.91. The molecule has 1 aromatic carbocycles. The van der Waals surface area contributed by atoms with Crippen LogP contribution in [0.1, 0.15) is 71.8 Å². The Morgan fingerprint density at radius 3 is 2.47 bits per heavy atom. The van der Waals surface area contributed by atoms with E-state index in [0.29, 0.717) is 45.3 Å². The van der Waals surface area contributed by atoms with Crippen molar-refractivity contribution in [3.05, 3.63) is 29.8 Å². The second-order valence-electron chi connectivity index (χ2n) is 10.6. The van der Waals surface area contributed by atoms with E-state index in [1.807, 2.05) is 31.2 Å². The number of alkyl carbamates (subject to hydrolysis) is 1. The Bertz CT molecular complexity index is 878. The van der Waals surface area contributed by atoms with Gasteiger partial charge in [0.2, 0.25) is 11.8 Å². The summed E-state index contributed by atoms with van der Waals surface area (Å²) in [6, 6.07) is 6.15. The topological polar surface area (TPSA) is 118 Å². The normalized spacial score (nSPS) is 25.7. The van der Waals surface area contributed by atoms with E-state index < -0.39 is 29.7 Å². The number of rotatable bonds is 5. The molecule has 4 rings (SSSR count). The first kappa shape index (κ1) is 27.8. The van der Waals surface area contributed by atoms with Crippen LogP contribution in [-0.4, -0.2) is 61.0 Å². The van der Waals surface area contributed by atoms with Crippen LogP contribution < -0.4 is 20.7 Å². The van der Waals surface area contributed by atoms with E-state index in [9.17, 15) is 14.4 Å². The van der Waals surface area contributed by atoms with E-state index in [4.69, 9.17) is 14.2 Å². The van der Waals surface area contributed by atoms with Crippen LogP contribution in [0.15, 0.2) is 24.3 Å². The van der Waals surface area contributed by atoms with Crippen LogP contribution in [0.25, 0.3) is 0 Å². The number of amides is 3. The number of unbranched alkanes of at least 4 members (excludes halogenated alkanes) is 1. The van der Waals surface area contributed by atoms with Crippen molar-refractivity contribution in [3.8, 4) is 5.75 Å². The van der Waals surface area contributed by atoms with Gasteiger partial charge >= 0.3 is 6.09 Å². The van der Waals surface area contributed by atoms with Crippen LogP contribution in [0.5, 0.6) is 5.75 Å². The molecule has 3 amide bonds. The van der Waals surface area contributed by atoms with Crippen molar-refractivity contribution in [2.45, 2.75) is 102 Å². The summed E-state index contributed by atoms with van der Waals surface area (Å²) in [6.07, 6.45) is 3.85. The van der Waals surface area contributed by atoms with Crippen molar-refractivity contribution in [1.82, 2.24) is 16.0 Å². The van der Waals surface area contributed by atoms with Gasteiger partial charge in [-0.1, -0.05) is 31.9 Å². The van der Waals surface area contributed by atoms with Crippen molar-refractivity contribution < 1.29 is 28.6 Å². The minimum absolute atomic E-state index is 0.0453. The van der Waals surface area contributed by atoms with Crippen molar-refractivity contribution in [3.63, 3.8) is 0 Å². The summed E-state index contributed by atoms with van der Waals surface area (Å²) < 4.78 is 16.7. The number of carbonyl (C=O) groups excluding carboxylic acids is 3. The third kappa shape index (κ3) is 9.33. The minimum Gasteiger partial charge on any atom is -0.494 e. The second-order valence-corrected chi connectivity index (χ2v) is 10.6. The predicted octanol–water partition coefficient (Wildman–Crippen LogP) is 3.24. The fourth-order valence-corrected chi connectivity index (χ4v) is 4.13. The van der Waals surface area contributed by atoms with E-state index in [1.54, 1.807) is 20.8 Å². The number of nitrogens with one attached hydrogen (secondary N) is 3. The van der Waals surface area contributed by atoms with Gasteiger partial charge in [-0.3, -0.25) is 9.59 Å². The van der Waals surface area contributed by atoms with Crippen molar-refractivity contribution >= 4 is 17.9 Å². The molecule has 0 radical (unpaired) electrons. The Balaban J connectivity index is 1.79. The standard InChI is InChI=1S/C27H41N3O6/c1-5-6-9-20-24(31)29-22(23-17-35-23)16-18-11-13-19(14-12-18)34-15-8-7-10-21(25(32)28-20)30-26(33)36-27(2,3)4/h11-14,20-23H,5-10,15-17H2,1-4H3,(H,28,32)(H,29,31)(H,30,33)/t20-,21-,22-,23+/m0/s1. The van der Waals surface area contributed by atoms with Gasteiger partial charge in [-0.2, -0.15) is 0 Å². The molecule has 4 atom stereocenters. The molecule has 1 saturated heterocycles. The zero-order valence-electron chi connectivity index (χ0n) is 21.9. The molecule has 0 aromatic heterocycles. The van der Waals surface area contributed by atoms with Gasteiger partial charge in [0, 0.05) is 0 Å². The third-order valence-corrected chi connectivity index (χ3v) is 6.16. The first-order chi connectivity index (χ1) is 17.1. The summed E-state index contributed by atoms with van der Waals surface area (Å²) in [5, 5.41) is 8.69. The van der Waals surface area contributed by atoms with Crippen molar-refractivity contribution in [2.75, 3.05) is 13.2 Å². The van der Waals surface area contributed by atoms with Crippen LogP contribution in [-0.2, 0) is 25.5 Å². The van der Waals surface area contributed by atoms with Gasteiger partial charge in [0.1, 0.15) is 29.5 Å². The number of epoxide rings is 1. The van der Waals surface area contributed by atoms with E-state index in [2.05, 4.69) is 16.0 Å². The number of hydrogen-bond acceptors (Lipinski definition) is 6. The van der Waals surface area contributed by atoms with Gasteiger partial charge in [-0.25, -0.2) is 4.79 Å². The molecule has 3 heterocycles. The van der Waals surface area contributed by atoms with Crippen LogP contribution in [0.2, 0.25) is 0 Å². The van der Waals surface area contributed by atoms with Gasteiger partial charge in [-0.15, -0.1) is 0 Å². The van der Waals surface area contributed by atoms with E-state index in [0.717, 1.165) is 24.2 Å². The molecule has 36 heavy (non-hydrogen) atoms. The number of fused-ring (bicyclic) bond motifs is 14. The summed E-state index contributed by atoms with van der Waals surface area (Å²) in [5.74, 6) is 0.137. The molecule has 1 aromatic rings. The summed E-state index contributed by atoms with van der Waals surface area (Å²) >= 11 is 0. The minimum atomic E-state index is -0.825. The molecule has 0 spiro atoms. The van der Waals surface area contributed by atoms with Gasteiger partial charge < -0.3 is 30.2 Å². The highest BCUT2D eigenvalue weighted by Crippen LogP contribution is 2.21. The maximum Gasteiger partial charge on any atom is 0.408 e. The molecule has 9 nitrogen and oxygen atoms in total. The number of ether oxygens (including phenoxy) is 3. The summed E-state index contributed by atoms with van der Waals surface area (Å²) in [7, 11) is 0. The Morgan fingerprint density at radius 2 is 1.83 bits per heavy atom. The van der Waals surface area contributed by atoms with Gasteiger partial charge in [0.05, 0.1) is 19.3 Å². The maximum atomic E-state index is 13.3. The van der Waals surface area contributed by atoms with Gasteiger partial charge in [0.25, 0.3) is 0 Å². The number of carbonyl (C=O) groups is 3. The molecular formula is C27H41N3O6. The lowest BCUT2D eigenvalue weighted by Gasteiger charge is -2.26. The quantitative estimate of drug-likeness (QED) is 0.531. The largest absolute Gasteiger partial charge is 0.494 e. The molecule has 0 saturated carbocycles. The third-order valence-electron chi connectivity index (χ3n) is 6.16. The molecule has 3 aliphatic rings. The smallest absolute Gasteiger partial charge is 0.408 e. The molecule has 0 aliphatic carbocycles. The fourth-order valence-electron chi connectivity index (χ4n) is 4.13. The Kier molecular flexibility index (Phi) is 9.98. The molecule has 9 heteroatoms. The highest BCUT2D eigenvalue weighted by Gasteiger charge is 2.36. The first-order valence-electron chi connectivity index (χ1n) is 13.1. The van der Waals surface area contributed by atoms with Gasteiger partial charge in [0.15, 0.2) is 0 Å². The zero-order chi connectivity index (χ0) is 26.1. The molecule has 3 N–H and O–H groups in total. The Hall–Kier alpha value is -2.81. The number of benzene rings is 1. The highest BCUT2D eigenvalue weighted by atomic mass is 16.6. The monoisotopic (exact) mass is 503 g/mol. The average molecular weight is 504 g/mol. The maximum absolute atomic E-state index is 13.3. The van der Waals surface area contributed by atoms with Crippen LogP contribution in [0.3, 0.4) is 0 Å². The molecule has 0 unspecified atom stereocenters. The van der Waals surface area contributed by atoms with Crippen LogP contribution >= 0.6 is 0 Å². The van der Waals surface area contributed by atoms with Crippen LogP contribution in [0.4, 0.5) is 4.79 Å². The SMILES string of the molecule is CCCC[C@@H]1NC(=O)[C@@H](NC(=O)OC(C)(C)C)CCCCOc2ccc(cc2)C[C@@H]([C@H]2CO2)NC1=O. The molecule has 1 fully saturated rings. The number of hydrogen-bond donors (Lipinski definition) is 3. The lowest BCUT2D eigenvalue weighted by molar-refractivity contribution is -0.130. The Morgan fingerprint density at radius 1 is 1.11 bits per heavy atom. The predicted molar refractivity (Wildman–Crippen MR) is 136 cm³/mol. The molecular weight excluding hydrogens is 462 g/mol. The van der Waals surface area contributed by atoms with Gasteiger partial charge in [-0.05, 0) is 70.6 Å². The van der Waals surface area contributed by atoms with Crippen molar-refractivity contribution in [2.24, 2.45) is 0 Å². The fraction of sp³-hybridized carbons (Fsp3) is 0.667. The average Bonchev–Trinajstić information content (AvgIpc) is 3.65. The van der Waals surface area contributed by atoms with Crippen molar-refractivity contribution in [1.29, 1.82) is 0 Å². The zero-order valence-corrected chi connectivity index (χ0v) is 21.9. The summed E-state index contributed by atoms with van der Waals surface area (Å²) in [4.78, 5) is 39.0. The molecule has 200 valence electrons. The lowest BCUT2D eigenvalue weighted by atomic mass is 10.0. The molecule has 2 bridgehead atoms. The lowest BCUT2D eigenvalue weighted by Crippen LogP contribution is -2.56. The summed E-state index contributed by atoms with van der Waals surface area (Å²) in [5.41, 5.74) is 0.382. The van der Waals surface area contributed by atoms with Crippen LogP contribution in [0, 0.1) is 0 Å². The van der Waals surface area contributed by atoms with E-state index in [-0.39, 0.29) is 18.1 Å². The Labute approximate surface area is 214 Å².